The fourth-order valence-corrected chi connectivity index (χ4v) is 2.70. The summed E-state index contributed by atoms with van der Waals surface area (Å²) in [4.78, 5) is 47.3. The molecule has 5 N–H and O–H groups in total. The standard InChI is InChI=1S/C12H18N4O5/c13-7(2-3-8(17)18)9(19)16-5-1-4-12(6-16)10(20)14-11(21)15-12/h7H,1-6,13H2,(H,17,18)(H2,14,15,20,21). The number of nitrogens with one attached hydrogen (secondary N) is 2. The number of nitrogens with two attached hydrogens (primary N) is 1. The summed E-state index contributed by atoms with van der Waals surface area (Å²) in [7, 11) is 0. The monoisotopic (exact) mass is 298 g/mol. The number of hydrogen-bond acceptors (Lipinski definition) is 5. The molecular weight excluding hydrogens is 280 g/mol. The highest BCUT2D eigenvalue weighted by molar-refractivity contribution is 6.07. The SMILES string of the molecule is NC(CCC(=O)O)C(=O)N1CCCC2(C1)NC(=O)NC2=O. The van der Waals surface area contributed by atoms with Crippen LogP contribution >= 0.6 is 0 Å². The van der Waals surface area contributed by atoms with Crippen LogP contribution in [0.5, 0.6) is 0 Å². The van der Waals surface area contributed by atoms with Crippen LogP contribution in [0.3, 0.4) is 0 Å². The molecule has 2 saturated heterocycles. The third-order valence-corrected chi connectivity index (χ3v) is 3.80. The van der Waals surface area contributed by atoms with E-state index in [0.717, 1.165) is 0 Å². The van der Waals surface area contributed by atoms with Gasteiger partial charge in [0.25, 0.3) is 5.91 Å². The Morgan fingerprint density at radius 3 is 2.71 bits per heavy atom. The van der Waals surface area contributed by atoms with E-state index < -0.39 is 35.4 Å². The van der Waals surface area contributed by atoms with Crippen molar-refractivity contribution in [1.29, 1.82) is 0 Å². The molecule has 0 bridgehead atoms. The van der Waals surface area contributed by atoms with Crippen LogP contribution in [-0.2, 0) is 14.4 Å². The molecule has 2 heterocycles. The molecule has 2 aliphatic rings. The molecule has 0 aromatic heterocycles. The maximum Gasteiger partial charge on any atom is 0.322 e. The first kappa shape index (κ1) is 15.2. The molecule has 9 nitrogen and oxygen atoms in total. The zero-order chi connectivity index (χ0) is 15.6. The number of rotatable bonds is 4. The molecule has 0 aliphatic carbocycles. The second-order valence-electron chi connectivity index (χ2n) is 5.39. The summed E-state index contributed by atoms with van der Waals surface area (Å²) in [5.74, 6) is -1.86. The van der Waals surface area contributed by atoms with Crippen molar-refractivity contribution < 1.29 is 24.3 Å². The third kappa shape index (κ3) is 3.13. The first-order valence-electron chi connectivity index (χ1n) is 6.74. The quantitative estimate of drug-likeness (QED) is 0.459. The molecule has 0 aromatic carbocycles. The summed E-state index contributed by atoms with van der Waals surface area (Å²) in [5, 5.41) is 13.3. The number of imide groups is 1. The van der Waals surface area contributed by atoms with Gasteiger partial charge in [-0.15, -0.1) is 0 Å². The summed E-state index contributed by atoms with van der Waals surface area (Å²) in [6.45, 7) is 0.495. The minimum Gasteiger partial charge on any atom is -0.481 e. The van der Waals surface area contributed by atoms with E-state index in [1.54, 1.807) is 0 Å². The van der Waals surface area contributed by atoms with Crippen molar-refractivity contribution in [3.05, 3.63) is 0 Å². The van der Waals surface area contributed by atoms with Gasteiger partial charge in [-0.1, -0.05) is 0 Å². The van der Waals surface area contributed by atoms with Crippen molar-refractivity contribution in [2.24, 2.45) is 5.73 Å². The van der Waals surface area contributed by atoms with Crippen LogP contribution in [0.4, 0.5) is 4.79 Å². The van der Waals surface area contributed by atoms with Gasteiger partial charge in [0.1, 0.15) is 5.54 Å². The van der Waals surface area contributed by atoms with Crippen LogP contribution in [0.2, 0.25) is 0 Å². The summed E-state index contributed by atoms with van der Waals surface area (Å²) in [5.41, 5.74) is 4.62. The predicted molar refractivity (Wildman–Crippen MR) is 70.1 cm³/mol. The van der Waals surface area contributed by atoms with Gasteiger partial charge in [-0.2, -0.15) is 0 Å². The van der Waals surface area contributed by atoms with E-state index in [1.165, 1.54) is 4.90 Å². The number of carboxylic acids is 1. The third-order valence-electron chi connectivity index (χ3n) is 3.80. The number of likely N-dealkylation sites (tertiary alicyclic amines) is 1. The molecule has 2 rings (SSSR count). The van der Waals surface area contributed by atoms with Crippen molar-refractivity contribution in [3.8, 4) is 0 Å². The molecule has 0 aromatic rings. The second kappa shape index (κ2) is 5.68. The first-order chi connectivity index (χ1) is 9.84. The van der Waals surface area contributed by atoms with Gasteiger partial charge in [0, 0.05) is 13.0 Å². The van der Waals surface area contributed by atoms with Crippen molar-refractivity contribution in [1.82, 2.24) is 15.5 Å². The second-order valence-corrected chi connectivity index (χ2v) is 5.39. The summed E-state index contributed by atoms with van der Waals surface area (Å²) in [6, 6.07) is -1.49. The largest absolute Gasteiger partial charge is 0.481 e. The lowest BCUT2D eigenvalue weighted by Gasteiger charge is -2.38. The molecule has 2 atom stereocenters. The number of carbonyl (C=O) groups excluding carboxylic acids is 3. The minimum atomic E-state index is -1.09. The summed E-state index contributed by atoms with van der Waals surface area (Å²) >= 11 is 0. The number of aliphatic carboxylic acids is 1. The van der Waals surface area contributed by atoms with Crippen LogP contribution in [0.1, 0.15) is 25.7 Å². The molecule has 0 saturated carbocycles. The normalized spacial score (nSPS) is 26.4. The minimum absolute atomic E-state index is 0.0379. The number of nitrogens with zero attached hydrogens (tertiary/aromatic N) is 1. The van der Waals surface area contributed by atoms with Crippen molar-refractivity contribution in [2.75, 3.05) is 13.1 Å². The number of amides is 4. The molecule has 21 heavy (non-hydrogen) atoms. The lowest BCUT2D eigenvalue weighted by atomic mass is 9.88. The number of urea groups is 1. The zero-order valence-electron chi connectivity index (χ0n) is 11.4. The summed E-state index contributed by atoms with van der Waals surface area (Å²) in [6.07, 6.45) is 0.864. The van der Waals surface area contributed by atoms with Crippen LogP contribution in [0.15, 0.2) is 0 Å². The molecule has 9 heteroatoms. The van der Waals surface area contributed by atoms with Gasteiger partial charge in [-0.05, 0) is 19.3 Å². The first-order valence-corrected chi connectivity index (χ1v) is 6.74. The molecule has 1 spiro atoms. The van der Waals surface area contributed by atoms with Gasteiger partial charge >= 0.3 is 12.0 Å². The highest BCUT2D eigenvalue weighted by atomic mass is 16.4. The van der Waals surface area contributed by atoms with Crippen LogP contribution in [-0.4, -0.2) is 58.5 Å². The fourth-order valence-electron chi connectivity index (χ4n) is 2.70. The van der Waals surface area contributed by atoms with E-state index >= 15 is 0 Å². The lowest BCUT2D eigenvalue weighted by molar-refractivity contribution is -0.138. The van der Waals surface area contributed by atoms with E-state index in [2.05, 4.69) is 10.6 Å². The van der Waals surface area contributed by atoms with Crippen molar-refractivity contribution >= 4 is 23.8 Å². The van der Waals surface area contributed by atoms with Crippen LogP contribution in [0.25, 0.3) is 0 Å². The average molecular weight is 298 g/mol. The Morgan fingerprint density at radius 1 is 1.43 bits per heavy atom. The predicted octanol–water partition coefficient (Wildman–Crippen LogP) is -1.62. The van der Waals surface area contributed by atoms with E-state index in [0.29, 0.717) is 19.4 Å². The average Bonchev–Trinajstić information content (AvgIpc) is 2.69. The molecule has 0 radical (unpaired) electrons. The number of carboxylic acid groups (broad SMARTS) is 1. The Hall–Kier alpha value is -2.16. The fraction of sp³-hybridized carbons (Fsp3) is 0.667. The van der Waals surface area contributed by atoms with Crippen molar-refractivity contribution in [2.45, 2.75) is 37.3 Å². The van der Waals surface area contributed by atoms with Gasteiger partial charge < -0.3 is 21.1 Å². The topological polar surface area (TPSA) is 142 Å². The Balaban J connectivity index is 2.00. The van der Waals surface area contributed by atoms with Gasteiger partial charge in [-0.3, -0.25) is 19.7 Å². The number of carbonyl (C=O) groups is 4. The molecule has 116 valence electrons. The van der Waals surface area contributed by atoms with E-state index in [1.807, 2.05) is 0 Å². The van der Waals surface area contributed by atoms with E-state index in [-0.39, 0.29) is 19.4 Å². The molecule has 2 aliphatic heterocycles. The smallest absolute Gasteiger partial charge is 0.322 e. The Bertz CT molecular complexity index is 494. The number of hydrogen-bond donors (Lipinski definition) is 4. The molecule has 2 fully saturated rings. The molecular formula is C12H18N4O5. The maximum atomic E-state index is 12.2. The number of piperidine rings is 1. The van der Waals surface area contributed by atoms with Gasteiger partial charge in [0.2, 0.25) is 5.91 Å². The highest BCUT2D eigenvalue weighted by Crippen LogP contribution is 2.25. The van der Waals surface area contributed by atoms with E-state index in [9.17, 15) is 19.2 Å². The Morgan fingerprint density at radius 2 is 2.14 bits per heavy atom. The van der Waals surface area contributed by atoms with E-state index in [4.69, 9.17) is 10.8 Å². The van der Waals surface area contributed by atoms with Gasteiger partial charge in [-0.25, -0.2) is 4.79 Å². The van der Waals surface area contributed by atoms with Gasteiger partial charge in [0.05, 0.1) is 12.6 Å². The Kier molecular flexibility index (Phi) is 4.12. The Labute approximate surface area is 120 Å². The van der Waals surface area contributed by atoms with Crippen molar-refractivity contribution in [3.63, 3.8) is 0 Å². The van der Waals surface area contributed by atoms with Crippen LogP contribution in [0, 0.1) is 0 Å². The molecule has 4 amide bonds. The summed E-state index contributed by atoms with van der Waals surface area (Å²) < 4.78 is 0. The zero-order valence-corrected chi connectivity index (χ0v) is 11.4. The highest BCUT2D eigenvalue weighted by Gasteiger charge is 2.49. The lowest BCUT2D eigenvalue weighted by Crippen LogP contribution is -2.61. The van der Waals surface area contributed by atoms with Gasteiger partial charge in [0.15, 0.2) is 0 Å². The maximum absolute atomic E-state index is 12.2. The molecule has 2 unspecified atom stereocenters. The van der Waals surface area contributed by atoms with Crippen LogP contribution < -0.4 is 16.4 Å².